The minimum atomic E-state index is 0.0522. The van der Waals surface area contributed by atoms with Crippen molar-refractivity contribution in [2.24, 2.45) is 5.41 Å². The lowest BCUT2D eigenvalue weighted by Gasteiger charge is -2.24. The van der Waals surface area contributed by atoms with Crippen LogP contribution < -0.4 is 4.74 Å². The minimum Gasteiger partial charge on any atom is -0.478 e. The molecule has 0 aliphatic carbocycles. The van der Waals surface area contributed by atoms with Gasteiger partial charge in [0.05, 0.1) is 6.61 Å². The lowest BCUT2D eigenvalue weighted by atomic mass is 9.89. The Morgan fingerprint density at radius 2 is 2.06 bits per heavy atom. The molecule has 1 unspecified atom stereocenters. The van der Waals surface area contributed by atoms with Crippen LogP contribution in [0, 0.1) is 5.41 Å². The van der Waals surface area contributed by atoms with E-state index in [0.717, 1.165) is 18.5 Å². The highest BCUT2D eigenvalue weighted by atomic mass is 35.5. The molecule has 0 saturated heterocycles. The van der Waals surface area contributed by atoms with Crippen molar-refractivity contribution in [3.63, 3.8) is 0 Å². The molecule has 1 aromatic heterocycles. The number of halogens is 1. The average Bonchev–Trinajstić information content (AvgIpc) is 2.25. The van der Waals surface area contributed by atoms with Crippen LogP contribution in [0.3, 0.4) is 0 Å². The zero-order valence-electron chi connectivity index (χ0n) is 11.0. The first-order chi connectivity index (χ1) is 7.93. The molecule has 0 bridgehead atoms. The SMILES string of the molecule is CCCOc1cc(CC(Cl)C(C)(C)C)ncn1. The minimum absolute atomic E-state index is 0.0522. The van der Waals surface area contributed by atoms with E-state index in [0.29, 0.717) is 12.5 Å². The van der Waals surface area contributed by atoms with Gasteiger partial charge in [0.15, 0.2) is 0 Å². The number of aromatic nitrogens is 2. The molecule has 0 radical (unpaired) electrons. The summed E-state index contributed by atoms with van der Waals surface area (Å²) in [5.74, 6) is 0.634. The molecule has 3 nitrogen and oxygen atoms in total. The third-order valence-electron chi connectivity index (χ3n) is 2.48. The van der Waals surface area contributed by atoms with Gasteiger partial charge in [-0.2, -0.15) is 0 Å². The topological polar surface area (TPSA) is 35.0 Å². The van der Waals surface area contributed by atoms with Gasteiger partial charge >= 0.3 is 0 Å². The van der Waals surface area contributed by atoms with Gasteiger partial charge in [0.1, 0.15) is 6.33 Å². The van der Waals surface area contributed by atoms with E-state index in [4.69, 9.17) is 16.3 Å². The van der Waals surface area contributed by atoms with Crippen molar-refractivity contribution < 1.29 is 4.74 Å². The summed E-state index contributed by atoms with van der Waals surface area (Å²) in [5.41, 5.74) is 0.998. The molecule has 17 heavy (non-hydrogen) atoms. The van der Waals surface area contributed by atoms with E-state index in [9.17, 15) is 0 Å². The first-order valence-electron chi connectivity index (χ1n) is 6.01. The van der Waals surface area contributed by atoms with E-state index in [2.05, 4.69) is 37.7 Å². The highest BCUT2D eigenvalue weighted by molar-refractivity contribution is 6.21. The highest BCUT2D eigenvalue weighted by Crippen LogP contribution is 2.27. The molecule has 0 N–H and O–H groups in total. The molecule has 1 heterocycles. The molecule has 0 aromatic carbocycles. The van der Waals surface area contributed by atoms with Gasteiger partial charge in [-0.15, -0.1) is 11.6 Å². The quantitative estimate of drug-likeness (QED) is 0.757. The molecule has 0 amide bonds. The largest absolute Gasteiger partial charge is 0.478 e. The maximum atomic E-state index is 6.35. The van der Waals surface area contributed by atoms with Crippen LogP contribution in [-0.2, 0) is 6.42 Å². The maximum Gasteiger partial charge on any atom is 0.216 e. The summed E-state index contributed by atoms with van der Waals surface area (Å²) < 4.78 is 5.47. The molecule has 0 fully saturated rings. The molecular formula is C13H21ClN2O. The van der Waals surface area contributed by atoms with Crippen LogP contribution in [0.5, 0.6) is 5.88 Å². The number of alkyl halides is 1. The van der Waals surface area contributed by atoms with Gasteiger partial charge in [-0.05, 0) is 11.8 Å². The summed E-state index contributed by atoms with van der Waals surface area (Å²) >= 11 is 6.35. The molecule has 0 spiro atoms. The zero-order chi connectivity index (χ0) is 12.9. The lowest BCUT2D eigenvalue weighted by molar-refractivity contribution is 0.303. The summed E-state index contributed by atoms with van der Waals surface area (Å²) in [4.78, 5) is 8.30. The second kappa shape index (κ2) is 6.20. The second-order valence-corrected chi connectivity index (χ2v) is 5.76. The van der Waals surface area contributed by atoms with E-state index < -0.39 is 0 Å². The number of hydrogen-bond acceptors (Lipinski definition) is 3. The van der Waals surface area contributed by atoms with Crippen molar-refractivity contribution in [2.75, 3.05) is 6.61 Å². The Morgan fingerprint density at radius 3 is 2.65 bits per heavy atom. The Kier molecular flexibility index (Phi) is 5.19. The van der Waals surface area contributed by atoms with E-state index in [1.54, 1.807) is 0 Å². The fourth-order valence-electron chi connectivity index (χ4n) is 1.26. The van der Waals surface area contributed by atoms with Crippen LogP contribution >= 0.6 is 11.6 Å². The van der Waals surface area contributed by atoms with Crippen molar-refractivity contribution in [3.05, 3.63) is 18.1 Å². The van der Waals surface area contributed by atoms with Crippen molar-refractivity contribution in [1.82, 2.24) is 9.97 Å². The van der Waals surface area contributed by atoms with Gasteiger partial charge in [-0.25, -0.2) is 9.97 Å². The Balaban J connectivity index is 2.65. The van der Waals surface area contributed by atoms with Gasteiger partial charge in [0.2, 0.25) is 5.88 Å². The van der Waals surface area contributed by atoms with E-state index in [1.165, 1.54) is 6.33 Å². The standard InChI is InChI=1S/C13H21ClN2O/c1-5-6-17-12-8-10(15-9-16-12)7-11(14)13(2,3)4/h8-9,11H,5-7H2,1-4H3. The fourth-order valence-corrected chi connectivity index (χ4v) is 1.42. The van der Waals surface area contributed by atoms with Crippen molar-refractivity contribution in [3.8, 4) is 5.88 Å². The van der Waals surface area contributed by atoms with E-state index in [1.807, 2.05) is 6.07 Å². The summed E-state index contributed by atoms with van der Waals surface area (Å²) in [6, 6.07) is 1.87. The first kappa shape index (κ1) is 14.2. The van der Waals surface area contributed by atoms with E-state index >= 15 is 0 Å². The van der Waals surface area contributed by atoms with E-state index in [-0.39, 0.29) is 10.8 Å². The molecule has 0 aliphatic heterocycles. The molecule has 96 valence electrons. The molecular weight excluding hydrogens is 236 g/mol. The first-order valence-corrected chi connectivity index (χ1v) is 6.45. The maximum absolute atomic E-state index is 6.35. The summed E-state index contributed by atoms with van der Waals surface area (Å²) in [6.45, 7) is 9.12. The predicted molar refractivity (Wildman–Crippen MR) is 70.6 cm³/mol. The zero-order valence-corrected chi connectivity index (χ0v) is 11.8. The van der Waals surface area contributed by atoms with Gasteiger partial charge in [0.25, 0.3) is 0 Å². The van der Waals surface area contributed by atoms with Crippen LogP contribution in [0.25, 0.3) is 0 Å². The number of hydrogen-bond donors (Lipinski definition) is 0. The summed E-state index contributed by atoms with van der Waals surface area (Å²) in [6.07, 6.45) is 3.24. The van der Waals surface area contributed by atoms with Crippen molar-refractivity contribution in [2.45, 2.75) is 45.9 Å². The summed E-state index contributed by atoms with van der Waals surface area (Å²) in [7, 11) is 0. The average molecular weight is 257 g/mol. The van der Waals surface area contributed by atoms with Gasteiger partial charge in [-0.3, -0.25) is 0 Å². The summed E-state index contributed by atoms with van der Waals surface area (Å²) in [5, 5.41) is 0.0522. The molecule has 1 rings (SSSR count). The van der Waals surface area contributed by atoms with Crippen LogP contribution in [0.2, 0.25) is 0 Å². The second-order valence-electron chi connectivity index (χ2n) is 5.23. The van der Waals surface area contributed by atoms with Crippen LogP contribution in [-0.4, -0.2) is 22.0 Å². The smallest absolute Gasteiger partial charge is 0.216 e. The number of rotatable bonds is 5. The Labute approximate surface area is 109 Å². The third kappa shape index (κ3) is 4.90. The van der Waals surface area contributed by atoms with Gasteiger partial charge < -0.3 is 4.74 Å². The van der Waals surface area contributed by atoms with Crippen LogP contribution in [0.1, 0.15) is 39.8 Å². The normalized spacial score (nSPS) is 13.5. The molecule has 1 aromatic rings. The fraction of sp³-hybridized carbons (Fsp3) is 0.692. The molecule has 4 heteroatoms. The molecule has 0 aliphatic rings. The third-order valence-corrected chi connectivity index (χ3v) is 3.29. The van der Waals surface area contributed by atoms with Gasteiger partial charge in [0, 0.05) is 23.6 Å². The lowest BCUT2D eigenvalue weighted by Crippen LogP contribution is -2.23. The molecule has 0 saturated carbocycles. The predicted octanol–water partition coefficient (Wildman–Crippen LogP) is 3.46. The Hall–Kier alpha value is -0.830. The Bertz CT molecular complexity index is 350. The highest BCUT2D eigenvalue weighted by Gasteiger charge is 2.23. The monoisotopic (exact) mass is 256 g/mol. The van der Waals surface area contributed by atoms with Crippen LogP contribution in [0.4, 0.5) is 0 Å². The van der Waals surface area contributed by atoms with Crippen molar-refractivity contribution >= 4 is 11.6 Å². The molecule has 1 atom stereocenters. The van der Waals surface area contributed by atoms with Crippen LogP contribution in [0.15, 0.2) is 12.4 Å². The number of nitrogens with zero attached hydrogens (tertiary/aromatic N) is 2. The Morgan fingerprint density at radius 1 is 1.35 bits per heavy atom. The number of ether oxygens (including phenoxy) is 1. The van der Waals surface area contributed by atoms with Crippen molar-refractivity contribution in [1.29, 1.82) is 0 Å². The van der Waals surface area contributed by atoms with Gasteiger partial charge in [-0.1, -0.05) is 27.7 Å².